The molecule has 5 heteroatoms. The number of benzene rings is 1. The number of halogens is 2. The number of anilines is 1. The molecule has 0 unspecified atom stereocenters. The number of nitrogens with zero attached hydrogens (tertiary/aromatic N) is 1. The van der Waals surface area contributed by atoms with E-state index in [1.54, 1.807) is 24.4 Å². The minimum absolute atomic E-state index is 0.0809. The number of nitrogens with one attached hydrogen (secondary N) is 1. The quantitative estimate of drug-likeness (QED) is 0.890. The molecule has 0 atom stereocenters. The molecule has 1 aromatic heterocycles. The van der Waals surface area contributed by atoms with Gasteiger partial charge in [0.15, 0.2) is 0 Å². The molecule has 0 aliphatic heterocycles. The Morgan fingerprint density at radius 2 is 2.12 bits per heavy atom. The van der Waals surface area contributed by atoms with Crippen LogP contribution in [0.5, 0.6) is 0 Å². The summed E-state index contributed by atoms with van der Waals surface area (Å²) in [5.41, 5.74) is 0.0809. The molecule has 1 heterocycles. The predicted octanol–water partition coefficient (Wildman–Crippen LogP) is 3.13. The lowest BCUT2D eigenvalue weighted by molar-refractivity contribution is 0.102. The van der Waals surface area contributed by atoms with Crippen molar-refractivity contribution in [1.82, 2.24) is 4.98 Å². The highest BCUT2D eigenvalue weighted by atomic mass is 35.5. The number of pyridine rings is 1. The Balaban J connectivity index is 2.23. The van der Waals surface area contributed by atoms with Gasteiger partial charge < -0.3 is 5.32 Å². The fourth-order valence-corrected chi connectivity index (χ4v) is 1.50. The maximum absolute atomic E-state index is 13.0. The van der Waals surface area contributed by atoms with Crippen LogP contribution in [-0.4, -0.2) is 10.9 Å². The van der Waals surface area contributed by atoms with E-state index in [0.717, 1.165) is 6.07 Å². The lowest BCUT2D eigenvalue weighted by Crippen LogP contribution is -2.13. The fraction of sp³-hybridized carbons (Fsp3) is 0. The van der Waals surface area contributed by atoms with Crippen molar-refractivity contribution in [3.8, 4) is 0 Å². The molecule has 0 aliphatic rings. The van der Waals surface area contributed by atoms with Gasteiger partial charge in [0, 0.05) is 6.20 Å². The number of rotatable bonds is 2. The van der Waals surface area contributed by atoms with E-state index in [0.29, 0.717) is 5.82 Å². The van der Waals surface area contributed by atoms with Crippen molar-refractivity contribution in [3.63, 3.8) is 0 Å². The number of hydrogen-bond donors (Lipinski definition) is 1. The molecule has 1 aromatic carbocycles. The highest BCUT2D eigenvalue weighted by Crippen LogP contribution is 2.18. The summed E-state index contributed by atoms with van der Waals surface area (Å²) in [6.07, 6.45) is 1.54. The van der Waals surface area contributed by atoms with E-state index < -0.39 is 11.7 Å². The molecule has 86 valence electrons. The van der Waals surface area contributed by atoms with E-state index >= 15 is 0 Å². The van der Waals surface area contributed by atoms with Crippen LogP contribution in [0, 0.1) is 5.82 Å². The Kier molecular flexibility index (Phi) is 3.35. The van der Waals surface area contributed by atoms with Crippen LogP contribution < -0.4 is 5.32 Å². The van der Waals surface area contributed by atoms with E-state index in [1.807, 2.05) is 0 Å². The molecular weight excluding hydrogens is 243 g/mol. The number of amides is 1. The molecule has 0 bridgehead atoms. The van der Waals surface area contributed by atoms with Gasteiger partial charge in [-0.2, -0.15) is 0 Å². The van der Waals surface area contributed by atoms with Gasteiger partial charge in [-0.15, -0.1) is 0 Å². The van der Waals surface area contributed by atoms with Gasteiger partial charge in [-0.3, -0.25) is 4.79 Å². The maximum Gasteiger partial charge on any atom is 0.258 e. The monoisotopic (exact) mass is 250 g/mol. The van der Waals surface area contributed by atoms with Gasteiger partial charge in [-0.25, -0.2) is 9.37 Å². The number of carbonyl (C=O) groups excluding carboxylic acids is 1. The third kappa shape index (κ3) is 2.79. The van der Waals surface area contributed by atoms with E-state index in [2.05, 4.69) is 10.3 Å². The molecule has 1 amide bonds. The first-order valence-corrected chi connectivity index (χ1v) is 5.22. The molecule has 0 fully saturated rings. The van der Waals surface area contributed by atoms with Crippen molar-refractivity contribution >= 4 is 23.3 Å². The Morgan fingerprint density at radius 1 is 1.29 bits per heavy atom. The minimum atomic E-state index is -0.513. The van der Waals surface area contributed by atoms with E-state index in [9.17, 15) is 9.18 Å². The summed E-state index contributed by atoms with van der Waals surface area (Å²) in [6, 6.07) is 8.70. The molecule has 0 radical (unpaired) electrons. The fourth-order valence-electron chi connectivity index (χ4n) is 1.29. The first-order valence-electron chi connectivity index (χ1n) is 4.84. The lowest BCUT2D eigenvalue weighted by atomic mass is 10.2. The molecule has 0 saturated carbocycles. The third-order valence-corrected chi connectivity index (χ3v) is 2.41. The molecule has 2 aromatic rings. The van der Waals surface area contributed by atoms with Crippen LogP contribution in [0.1, 0.15) is 10.4 Å². The second-order valence-electron chi connectivity index (χ2n) is 3.29. The summed E-state index contributed by atoms with van der Waals surface area (Å²) in [7, 11) is 0. The van der Waals surface area contributed by atoms with Gasteiger partial charge >= 0.3 is 0 Å². The van der Waals surface area contributed by atoms with Crippen LogP contribution in [0.4, 0.5) is 10.2 Å². The zero-order chi connectivity index (χ0) is 12.3. The average molecular weight is 251 g/mol. The third-order valence-electron chi connectivity index (χ3n) is 2.08. The smallest absolute Gasteiger partial charge is 0.258 e. The molecule has 0 saturated heterocycles. The minimum Gasteiger partial charge on any atom is -0.307 e. The molecule has 2 rings (SSSR count). The largest absolute Gasteiger partial charge is 0.307 e. The summed E-state index contributed by atoms with van der Waals surface area (Å²) >= 11 is 5.81. The molecular formula is C12H8ClFN2O. The maximum atomic E-state index is 13.0. The second kappa shape index (κ2) is 4.93. The van der Waals surface area contributed by atoms with Crippen molar-refractivity contribution < 1.29 is 9.18 Å². The van der Waals surface area contributed by atoms with E-state index in [1.165, 1.54) is 12.1 Å². The van der Waals surface area contributed by atoms with Crippen molar-refractivity contribution in [1.29, 1.82) is 0 Å². The molecule has 0 spiro atoms. The average Bonchev–Trinajstić information content (AvgIpc) is 2.33. The summed E-state index contributed by atoms with van der Waals surface area (Å²) < 4.78 is 13.0. The van der Waals surface area contributed by atoms with Gasteiger partial charge in [0.2, 0.25) is 0 Å². The Morgan fingerprint density at radius 3 is 2.82 bits per heavy atom. The van der Waals surface area contributed by atoms with Gasteiger partial charge in [-0.1, -0.05) is 17.7 Å². The topological polar surface area (TPSA) is 42.0 Å². The van der Waals surface area contributed by atoms with E-state index in [-0.39, 0.29) is 10.6 Å². The van der Waals surface area contributed by atoms with Gasteiger partial charge in [-0.05, 0) is 30.3 Å². The zero-order valence-electron chi connectivity index (χ0n) is 8.65. The Hall–Kier alpha value is -1.94. The normalized spacial score (nSPS) is 10.0. The molecule has 3 nitrogen and oxygen atoms in total. The number of carbonyl (C=O) groups is 1. The van der Waals surface area contributed by atoms with Crippen LogP contribution in [-0.2, 0) is 0 Å². The summed E-state index contributed by atoms with van der Waals surface area (Å²) in [4.78, 5) is 15.7. The van der Waals surface area contributed by atoms with Gasteiger partial charge in [0.25, 0.3) is 5.91 Å². The summed E-state index contributed by atoms with van der Waals surface area (Å²) in [5.74, 6) is -0.619. The zero-order valence-corrected chi connectivity index (χ0v) is 9.41. The van der Waals surface area contributed by atoms with Crippen molar-refractivity contribution in [2.24, 2.45) is 0 Å². The molecule has 17 heavy (non-hydrogen) atoms. The number of hydrogen-bond acceptors (Lipinski definition) is 2. The van der Waals surface area contributed by atoms with Crippen LogP contribution >= 0.6 is 11.6 Å². The first-order chi connectivity index (χ1) is 8.16. The predicted molar refractivity (Wildman–Crippen MR) is 63.6 cm³/mol. The summed E-state index contributed by atoms with van der Waals surface area (Å²) in [5, 5.41) is 2.72. The number of aromatic nitrogens is 1. The first kappa shape index (κ1) is 11.5. The highest BCUT2D eigenvalue weighted by molar-refractivity contribution is 6.34. The molecule has 0 aliphatic carbocycles. The summed E-state index contributed by atoms with van der Waals surface area (Å²) in [6.45, 7) is 0. The second-order valence-corrected chi connectivity index (χ2v) is 3.70. The van der Waals surface area contributed by atoms with Crippen LogP contribution in [0.15, 0.2) is 42.6 Å². The SMILES string of the molecule is O=C(Nc1ccccn1)c1cc(F)ccc1Cl. The van der Waals surface area contributed by atoms with Crippen LogP contribution in [0.25, 0.3) is 0 Å². The highest BCUT2D eigenvalue weighted by Gasteiger charge is 2.11. The van der Waals surface area contributed by atoms with Gasteiger partial charge in [0.05, 0.1) is 10.6 Å². The standard InChI is InChI=1S/C12H8ClFN2O/c13-10-5-4-8(14)7-9(10)12(17)16-11-3-1-2-6-15-11/h1-7H,(H,15,16,17). The lowest BCUT2D eigenvalue weighted by Gasteiger charge is -2.05. The van der Waals surface area contributed by atoms with Crippen molar-refractivity contribution in [3.05, 3.63) is 59.0 Å². The van der Waals surface area contributed by atoms with Crippen molar-refractivity contribution in [2.75, 3.05) is 5.32 Å². The Bertz CT molecular complexity index is 545. The Labute approximate surface area is 102 Å². The van der Waals surface area contributed by atoms with Crippen LogP contribution in [0.2, 0.25) is 5.02 Å². The molecule has 1 N–H and O–H groups in total. The van der Waals surface area contributed by atoms with Crippen molar-refractivity contribution in [2.45, 2.75) is 0 Å². The van der Waals surface area contributed by atoms with Gasteiger partial charge in [0.1, 0.15) is 11.6 Å². The van der Waals surface area contributed by atoms with E-state index in [4.69, 9.17) is 11.6 Å². The van der Waals surface area contributed by atoms with Crippen LogP contribution in [0.3, 0.4) is 0 Å².